The molecule has 144 valence electrons. The highest BCUT2D eigenvalue weighted by atomic mass is 35.5. The van der Waals surface area contributed by atoms with Gasteiger partial charge >= 0.3 is 0 Å². The molecule has 3 aromatic rings. The van der Waals surface area contributed by atoms with Crippen LogP contribution in [-0.4, -0.2) is 41.2 Å². The maximum Gasteiger partial charge on any atom is 0.0749 e. The van der Waals surface area contributed by atoms with E-state index in [-0.39, 0.29) is 6.04 Å². The fourth-order valence-electron chi connectivity index (χ4n) is 3.66. The Labute approximate surface area is 175 Å². The van der Waals surface area contributed by atoms with Crippen LogP contribution in [0, 0.1) is 0 Å². The first-order chi connectivity index (χ1) is 13.7. The SMILES string of the molecule is Clc1ccc(-c2ncccc2CC(c2cccnc2)N2CCOCC2)c(Cl)c1. The molecule has 1 aliphatic heterocycles. The number of pyridine rings is 2. The summed E-state index contributed by atoms with van der Waals surface area (Å²) >= 11 is 12.6. The van der Waals surface area contributed by atoms with Crippen molar-refractivity contribution in [2.45, 2.75) is 12.5 Å². The molecular formula is C22H21Cl2N3O. The molecule has 0 saturated carbocycles. The predicted molar refractivity (Wildman–Crippen MR) is 113 cm³/mol. The maximum absolute atomic E-state index is 6.48. The highest BCUT2D eigenvalue weighted by Gasteiger charge is 2.24. The second-order valence-electron chi connectivity index (χ2n) is 6.79. The summed E-state index contributed by atoms with van der Waals surface area (Å²) < 4.78 is 5.56. The molecule has 1 atom stereocenters. The summed E-state index contributed by atoms with van der Waals surface area (Å²) in [6, 6.07) is 14.0. The summed E-state index contributed by atoms with van der Waals surface area (Å²) in [7, 11) is 0. The number of rotatable bonds is 5. The van der Waals surface area contributed by atoms with Crippen molar-refractivity contribution in [3.63, 3.8) is 0 Å². The van der Waals surface area contributed by atoms with E-state index < -0.39 is 0 Å². The van der Waals surface area contributed by atoms with E-state index in [9.17, 15) is 0 Å². The average Bonchev–Trinajstić information content (AvgIpc) is 2.74. The van der Waals surface area contributed by atoms with Gasteiger partial charge in [-0.25, -0.2) is 0 Å². The molecule has 3 heterocycles. The third kappa shape index (κ3) is 4.36. The van der Waals surface area contributed by atoms with E-state index in [4.69, 9.17) is 27.9 Å². The Morgan fingerprint density at radius 1 is 1.04 bits per heavy atom. The Balaban J connectivity index is 1.71. The molecule has 1 fully saturated rings. The number of halogens is 2. The van der Waals surface area contributed by atoms with Gasteiger partial charge in [-0.15, -0.1) is 0 Å². The fourth-order valence-corrected chi connectivity index (χ4v) is 4.15. The number of morpholine rings is 1. The minimum atomic E-state index is 0.201. The van der Waals surface area contributed by atoms with Crippen molar-refractivity contribution in [2.75, 3.05) is 26.3 Å². The Morgan fingerprint density at radius 3 is 2.61 bits per heavy atom. The molecule has 0 bridgehead atoms. The van der Waals surface area contributed by atoms with Gasteiger partial charge in [0.1, 0.15) is 0 Å². The van der Waals surface area contributed by atoms with Crippen molar-refractivity contribution >= 4 is 23.2 Å². The van der Waals surface area contributed by atoms with Crippen molar-refractivity contribution in [2.24, 2.45) is 0 Å². The number of ether oxygens (including phenoxy) is 1. The molecule has 0 radical (unpaired) electrons. The third-order valence-corrected chi connectivity index (χ3v) is 5.59. The van der Waals surface area contributed by atoms with Gasteiger partial charge in [0.25, 0.3) is 0 Å². The summed E-state index contributed by atoms with van der Waals surface area (Å²) in [5.74, 6) is 0. The van der Waals surface area contributed by atoms with Crippen molar-refractivity contribution in [3.8, 4) is 11.3 Å². The first-order valence-electron chi connectivity index (χ1n) is 9.33. The lowest BCUT2D eigenvalue weighted by atomic mass is 9.95. The number of benzene rings is 1. The maximum atomic E-state index is 6.48. The Hall–Kier alpha value is -1.98. The van der Waals surface area contributed by atoms with Crippen LogP contribution in [0.2, 0.25) is 10.0 Å². The average molecular weight is 414 g/mol. The van der Waals surface area contributed by atoms with Crippen molar-refractivity contribution in [3.05, 3.63) is 82.2 Å². The predicted octanol–water partition coefficient (Wildman–Crippen LogP) is 5.07. The van der Waals surface area contributed by atoms with E-state index in [1.807, 2.05) is 36.7 Å². The van der Waals surface area contributed by atoms with Crippen LogP contribution in [0.3, 0.4) is 0 Å². The third-order valence-electron chi connectivity index (χ3n) is 5.05. The molecule has 0 spiro atoms. The molecule has 2 aromatic heterocycles. The first-order valence-corrected chi connectivity index (χ1v) is 10.1. The number of hydrogen-bond donors (Lipinski definition) is 0. The monoisotopic (exact) mass is 413 g/mol. The molecule has 0 amide bonds. The molecule has 4 rings (SSSR count). The van der Waals surface area contributed by atoms with E-state index >= 15 is 0 Å². The van der Waals surface area contributed by atoms with Crippen molar-refractivity contribution < 1.29 is 4.74 Å². The molecule has 1 saturated heterocycles. The summed E-state index contributed by atoms with van der Waals surface area (Å²) in [6.07, 6.45) is 6.37. The normalized spacial score (nSPS) is 16.1. The van der Waals surface area contributed by atoms with Gasteiger partial charge in [0.2, 0.25) is 0 Å². The quantitative estimate of drug-likeness (QED) is 0.585. The van der Waals surface area contributed by atoms with Gasteiger partial charge in [0.05, 0.1) is 23.9 Å². The van der Waals surface area contributed by atoms with E-state index in [0.29, 0.717) is 10.0 Å². The van der Waals surface area contributed by atoms with E-state index in [2.05, 4.69) is 27.0 Å². The fraction of sp³-hybridized carbons (Fsp3) is 0.273. The standard InChI is InChI=1S/C22H21Cl2N3O/c23-18-5-6-19(20(24)14-18)22-16(3-2-8-26-22)13-21(17-4-1-7-25-15-17)27-9-11-28-12-10-27/h1-8,14-15,21H,9-13H2. The Kier molecular flexibility index (Phi) is 6.23. The van der Waals surface area contributed by atoms with E-state index in [0.717, 1.165) is 49.5 Å². The van der Waals surface area contributed by atoms with Gasteiger partial charge < -0.3 is 4.74 Å². The van der Waals surface area contributed by atoms with E-state index in [1.165, 1.54) is 5.56 Å². The van der Waals surface area contributed by atoms with Crippen LogP contribution >= 0.6 is 23.2 Å². The highest BCUT2D eigenvalue weighted by Crippen LogP contribution is 2.34. The van der Waals surface area contributed by atoms with Gasteiger partial charge in [-0.1, -0.05) is 35.3 Å². The largest absolute Gasteiger partial charge is 0.379 e. The molecule has 1 aromatic carbocycles. The molecule has 0 N–H and O–H groups in total. The molecule has 1 unspecified atom stereocenters. The summed E-state index contributed by atoms with van der Waals surface area (Å²) in [4.78, 5) is 11.4. The molecule has 0 aliphatic carbocycles. The van der Waals surface area contributed by atoms with Crippen LogP contribution < -0.4 is 0 Å². The van der Waals surface area contributed by atoms with Gasteiger partial charge in [-0.05, 0) is 47.9 Å². The molecule has 4 nitrogen and oxygen atoms in total. The van der Waals surface area contributed by atoms with Gasteiger partial charge in [-0.3, -0.25) is 14.9 Å². The Morgan fingerprint density at radius 2 is 1.86 bits per heavy atom. The van der Waals surface area contributed by atoms with Crippen molar-refractivity contribution in [1.82, 2.24) is 14.9 Å². The van der Waals surface area contributed by atoms with Gasteiger partial charge in [-0.2, -0.15) is 0 Å². The molecular weight excluding hydrogens is 393 g/mol. The topological polar surface area (TPSA) is 38.2 Å². The van der Waals surface area contributed by atoms with Crippen LogP contribution in [0.1, 0.15) is 17.2 Å². The van der Waals surface area contributed by atoms with Crippen LogP contribution in [0.15, 0.2) is 61.1 Å². The first kappa shape index (κ1) is 19.3. The molecule has 1 aliphatic rings. The number of aromatic nitrogens is 2. The summed E-state index contributed by atoms with van der Waals surface area (Å²) in [5, 5.41) is 1.23. The zero-order valence-electron chi connectivity index (χ0n) is 15.4. The second-order valence-corrected chi connectivity index (χ2v) is 7.63. The van der Waals surface area contributed by atoms with Crippen LogP contribution in [0.5, 0.6) is 0 Å². The number of hydrogen-bond acceptors (Lipinski definition) is 4. The van der Waals surface area contributed by atoms with Crippen molar-refractivity contribution in [1.29, 1.82) is 0 Å². The Bertz CT molecular complexity index is 930. The zero-order chi connectivity index (χ0) is 19.3. The van der Waals surface area contributed by atoms with Gasteiger partial charge in [0, 0.05) is 48.3 Å². The number of nitrogens with zero attached hydrogens (tertiary/aromatic N) is 3. The zero-order valence-corrected chi connectivity index (χ0v) is 16.9. The summed E-state index contributed by atoms with van der Waals surface area (Å²) in [6.45, 7) is 3.30. The van der Waals surface area contributed by atoms with Crippen LogP contribution in [-0.2, 0) is 11.2 Å². The highest BCUT2D eigenvalue weighted by molar-refractivity contribution is 6.36. The lowest BCUT2D eigenvalue weighted by Gasteiger charge is -2.35. The minimum Gasteiger partial charge on any atom is -0.379 e. The minimum absolute atomic E-state index is 0.201. The lowest BCUT2D eigenvalue weighted by molar-refractivity contribution is 0.0160. The van der Waals surface area contributed by atoms with E-state index in [1.54, 1.807) is 12.3 Å². The smallest absolute Gasteiger partial charge is 0.0749 e. The second kappa shape index (κ2) is 9.01. The lowest BCUT2D eigenvalue weighted by Crippen LogP contribution is -2.40. The molecule has 28 heavy (non-hydrogen) atoms. The molecule has 6 heteroatoms. The summed E-state index contributed by atoms with van der Waals surface area (Å²) in [5.41, 5.74) is 4.13. The van der Waals surface area contributed by atoms with Gasteiger partial charge in [0.15, 0.2) is 0 Å². The van der Waals surface area contributed by atoms with Crippen LogP contribution in [0.4, 0.5) is 0 Å². The van der Waals surface area contributed by atoms with Crippen LogP contribution in [0.25, 0.3) is 11.3 Å².